The SMILES string of the molecule is CC(C)[C@H](NC(=O)c1ccccc1NC(=O)c1ccccc1)C(=O)[O-]. The number of benzene rings is 2. The minimum atomic E-state index is -1.35. The number of rotatable bonds is 6. The van der Waals surface area contributed by atoms with Crippen LogP contribution in [-0.4, -0.2) is 23.8 Å². The molecule has 2 N–H and O–H groups in total. The second-order valence-electron chi connectivity index (χ2n) is 5.88. The molecule has 6 nitrogen and oxygen atoms in total. The van der Waals surface area contributed by atoms with E-state index in [0.29, 0.717) is 11.3 Å². The van der Waals surface area contributed by atoms with Crippen LogP contribution in [0.1, 0.15) is 34.6 Å². The fraction of sp³-hybridized carbons (Fsp3) is 0.211. The van der Waals surface area contributed by atoms with Crippen molar-refractivity contribution in [3.05, 3.63) is 65.7 Å². The molecule has 0 aromatic heterocycles. The smallest absolute Gasteiger partial charge is 0.255 e. The molecule has 0 spiro atoms. The summed E-state index contributed by atoms with van der Waals surface area (Å²) in [6, 6.07) is 13.9. The van der Waals surface area contributed by atoms with Crippen LogP contribution in [0.5, 0.6) is 0 Å². The van der Waals surface area contributed by atoms with Crippen molar-refractivity contribution in [3.63, 3.8) is 0 Å². The average molecular weight is 339 g/mol. The minimum Gasteiger partial charge on any atom is -0.548 e. The molecule has 2 aromatic rings. The summed E-state index contributed by atoms with van der Waals surface area (Å²) >= 11 is 0. The third-order valence-corrected chi connectivity index (χ3v) is 3.66. The lowest BCUT2D eigenvalue weighted by Gasteiger charge is -2.23. The molecular weight excluding hydrogens is 320 g/mol. The number of aliphatic carboxylic acids is 1. The van der Waals surface area contributed by atoms with E-state index in [4.69, 9.17) is 0 Å². The Hall–Kier alpha value is -3.15. The summed E-state index contributed by atoms with van der Waals surface area (Å²) in [5.74, 6) is -2.64. The van der Waals surface area contributed by atoms with Gasteiger partial charge in [0.05, 0.1) is 23.3 Å². The fourth-order valence-electron chi connectivity index (χ4n) is 2.29. The molecule has 0 radical (unpaired) electrons. The van der Waals surface area contributed by atoms with E-state index in [1.165, 1.54) is 6.07 Å². The van der Waals surface area contributed by atoms with Crippen LogP contribution >= 0.6 is 0 Å². The second kappa shape index (κ2) is 8.10. The largest absolute Gasteiger partial charge is 0.548 e. The predicted molar refractivity (Wildman–Crippen MR) is 91.9 cm³/mol. The van der Waals surface area contributed by atoms with Crippen LogP contribution in [0.4, 0.5) is 5.69 Å². The molecule has 0 unspecified atom stereocenters. The molecule has 25 heavy (non-hydrogen) atoms. The zero-order valence-electron chi connectivity index (χ0n) is 14.0. The molecule has 130 valence electrons. The maximum atomic E-state index is 12.4. The number of nitrogens with one attached hydrogen (secondary N) is 2. The number of carbonyl (C=O) groups is 3. The number of amides is 2. The zero-order valence-corrected chi connectivity index (χ0v) is 14.0. The van der Waals surface area contributed by atoms with Gasteiger partial charge in [0.2, 0.25) is 0 Å². The van der Waals surface area contributed by atoms with Crippen LogP contribution in [0, 0.1) is 5.92 Å². The number of carboxylic acid groups (broad SMARTS) is 1. The van der Waals surface area contributed by atoms with Crippen molar-refractivity contribution < 1.29 is 19.5 Å². The van der Waals surface area contributed by atoms with E-state index in [-0.39, 0.29) is 17.4 Å². The Balaban J connectivity index is 2.21. The van der Waals surface area contributed by atoms with Crippen molar-refractivity contribution in [3.8, 4) is 0 Å². The molecule has 2 amide bonds. The molecule has 0 aliphatic carbocycles. The summed E-state index contributed by atoms with van der Waals surface area (Å²) in [6.07, 6.45) is 0. The predicted octanol–water partition coefficient (Wildman–Crippen LogP) is 1.44. The molecule has 0 bridgehead atoms. The van der Waals surface area contributed by atoms with E-state index >= 15 is 0 Å². The first kappa shape index (κ1) is 18.2. The summed E-state index contributed by atoms with van der Waals surface area (Å²) in [7, 11) is 0. The maximum absolute atomic E-state index is 12.4. The Bertz CT molecular complexity index is 772. The Morgan fingerprint density at radius 3 is 2.08 bits per heavy atom. The highest BCUT2D eigenvalue weighted by molar-refractivity contribution is 6.09. The highest BCUT2D eigenvalue weighted by Crippen LogP contribution is 2.17. The molecular formula is C19H19N2O4-. The van der Waals surface area contributed by atoms with Crippen LogP contribution < -0.4 is 15.7 Å². The average Bonchev–Trinajstić information content (AvgIpc) is 2.60. The molecule has 0 fully saturated rings. The van der Waals surface area contributed by atoms with E-state index in [9.17, 15) is 19.5 Å². The van der Waals surface area contributed by atoms with Gasteiger partial charge in [-0.05, 0) is 30.2 Å². The number of hydrogen-bond donors (Lipinski definition) is 2. The van der Waals surface area contributed by atoms with Gasteiger partial charge in [0.1, 0.15) is 0 Å². The standard InChI is InChI=1S/C19H20N2O4/c1-12(2)16(19(24)25)21-18(23)14-10-6-7-11-15(14)20-17(22)13-8-4-3-5-9-13/h3-12,16H,1-2H3,(H,20,22)(H,21,23)(H,24,25)/p-1/t16-/m0/s1. The van der Waals surface area contributed by atoms with Crippen molar-refractivity contribution in [2.75, 3.05) is 5.32 Å². The number of hydrogen-bond acceptors (Lipinski definition) is 4. The topological polar surface area (TPSA) is 98.3 Å². The lowest BCUT2D eigenvalue weighted by molar-refractivity contribution is -0.309. The molecule has 0 aliphatic rings. The van der Waals surface area contributed by atoms with Gasteiger partial charge in [-0.15, -0.1) is 0 Å². The number of anilines is 1. The molecule has 2 rings (SSSR count). The molecule has 0 saturated carbocycles. The van der Waals surface area contributed by atoms with Crippen molar-refractivity contribution in [1.82, 2.24) is 5.32 Å². The summed E-state index contributed by atoms with van der Waals surface area (Å²) in [4.78, 5) is 35.9. The van der Waals surface area contributed by atoms with Gasteiger partial charge in [0.25, 0.3) is 11.8 Å². The van der Waals surface area contributed by atoms with Crippen LogP contribution in [0.3, 0.4) is 0 Å². The van der Waals surface area contributed by atoms with Crippen molar-refractivity contribution in [2.24, 2.45) is 5.92 Å². The summed E-state index contributed by atoms with van der Waals surface area (Å²) in [6.45, 7) is 3.34. The van der Waals surface area contributed by atoms with Gasteiger partial charge in [-0.25, -0.2) is 0 Å². The molecule has 0 aliphatic heterocycles. The Morgan fingerprint density at radius 2 is 1.48 bits per heavy atom. The first-order valence-corrected chi connectivity index (χ1v) is 7.87. The van der Waals surface area contributed by atoms with Gasteiger partial charge in [0.15, 0.2) is 0 Å². The Labute approximate surface area is 145 Å². The van der Waals surface area contributed by atoms with Gasteiger partial charge in [0, 0.05) is 5.56 Å². The van der Waals surface area contributed by atoms with Crippen LogP contribution in [0.2, 0.25) is 0 Å². The highest BCUT2D eigenvalue weighted by atomic mass is 16.4. The van der Waals surface area contributed by atoms with E-state index in [0.717, 1.165) is 0 Å². The van der Waals surface area contributed by atoms with Crippen molar-refractivity contribution in [1.29, 1.82) is 0 Å². The fourth-order valence-corrected chi connectivity index (χ4v) is 2.29. The molecule has 1 atom stereocenters. The van der Waals surface area contributed by atoms with E-state index in [1.54, 1.807) is 62.4 Å². The lowest BCUT2D eigenvalue weighted by Crippen LogP contribution is -2.50. The van der Waals surface area contributed by atoms with Crippen LogP contribution in [0.15, 0.2) is 54.6 Å². The third-order valence-electron chi connectivity index (χ3n) is 3.66. The first-order valence-electron chi connectivity index (χ1n) is 7.87. The quantitative estimate of drug-likeness (QED) is 0.832. The summed E-state index contributed by atoms with van der Waals surface area (Å²) < 4.78 is 0. The monoisotopic (exact) mass is 339 g/mol. The molecule has 0 heterocycles. The normalized spacial score (nSPS) is 11.6. The number of carboxylic acids is 1. The van der Waals surface area contributed by atoms with Gasteiger partial charge in [-0.1, -0.05) is 44.2 Å². The van der Waals surface area contributed by atoms with Crippen LogP contribution in [-0.2, 0) is 4.79 Å². The van der Waals surface area contributed by atoms with Gasteiger partial charge < -0.3 is 20.5 Å². The number of carbonyl (C=O) groups excluding carboxylic acids is 3. The molecule has 2 aromatic carbocycles. The van der Waals surface area contributed by atoms with E-state index < -0.39 is 17.9 Å². The van der Waals surface area contributed by atoms with Crippen LogP contribution in [0.25, 0.3) is 0 Å². The van der Waals surface area contributed by atoms with Gasteiger partial charge in [-0.3, -0.25) is 9.59 Å². The minimum absolute atomic E-state index is 0.179. The van der Waals surface area contributed by atoms with Gasteiger partial charge >= 0.3 is 0 Å². The molecule has 6 heteroatoms. The number of para-hydroxylation sites is 1. The zero-order chi connectivity index (χ0) is 18.4. The van der Waals surface area contributed by atoms with E-state index in [2.05, 4.69) is 10.6 Å². The molecule has 0 saturated heterocycles. The van der Waals surface area contributed by atoms with E-state index in [1.807, 2.05) is 0 Å². The summed E-state index contributed by atoms with van der Waals surface area (Å²) in [5.41, 5.74) is 0.931. The Morgan fingerprint density at radius 1 is 0.880 bits per heavy atom. The maximum Gasteiger partial charge on any atom is 0.255 e. The second-order valence-corrected chi connectivity index (χ2v) is 5.88. The van der Waals surface area contributed by atoms with Crippen molar-refractivity contribution in [2.45, 2.75) is 19.9 Å². The third kappa shape index (κ3) is 4.67. The van der Waals surface area contributed by atoms with Gasteiger partial charge in [-0.2, -0.15) is 0 Å². The Kier molecular flexibility index (Phi) is 5.89. The summed E-state index contributed by atoms with van der Waals surface area (Å²) in [5, 5.41) is 16.3. The van der Waals surface area contributed by atoms with Crippen molar-refractivity contribution >= 4 is 23.5 Å². The highest BCUT2D eigenvalue weighted by Gasteiger charge is 2.20. The first-order chi connectivity index (χ1) is 11.9. The lowest BCUT2D eigenvalue weighted by atomic mass is 10.0.